The number of fused-ring (bicyclic) bond motifs is 15. The van der Waals surface area contributed by atoms with Crippen LogP contribution in [0.15, 0.2) is 54.1 Å². The van der Waals surface area contributed by atoms with Crippen LogP contribution >= 0.6 is 52.6 Å². The molecule has 17 N–H and O–H groups in total. The van der Waals surface area contributed by atoms with Crippen molar-refractivity contribution in [3.05, 3.63) is 87.4 Å². The smallest absolute Gasteiger partial charge is 0.369 e. The SMILES string of the molecule is Nc1nc2c(nnn2[C@@H]2O[C@@H]3COP(O)(=S)O[C@H]4[C@H](F)[C@H](n5cnc6c(=O)[nH]cnc65)O[C@@H]4COP(=O)(S)O[C@@H]2[C@@H]3F)c(=O)[nH]1.Nc1nc2c(nnn2[C@@H]2O[C@@H]3COP(O)(=S)O[C@H]4[C@H](F)[C@H](n5nnc6c(=O)[nH]cnc65)O[C@@H]4COP(O)(=S)O[C@@H]2C3)c(=O)[nH]1.Nc1nc2c(nnn2[C@@H]2O[C@@H]3COP(O)(=S)O[C@H]4[C@H](F)[C@H](n5nnc6c(=O)[nH]cnc65)O[C@@H]4COP(O)(=S)O[C@@H]2[C@@H]3F)c(=O)[nH]1. The lowest BCUT2D eigenvalue weighted by Crippen LogP contribution is -2.34. The number of thiol groups is 1. The van der Waals surface area contributed by atoms with Crippen molar-refractivity contribution in [1.82, 2.24) is 144 Å². The number of nitrogens with one attached hydrogen (secondary N) is 6. The van der Waals surface area contributed by atoms with Gasteiger partial charge in [0.25, 0.3) is 33.4 Å². The monoisotopic (exact) mass is 2120 g/mol. The van der Waals surface area contributed by atoms with Crippen molar-refractivity contribution >= 4 is 197 Å². The van der Waals surface area contributed by atoms with Gasteiger partial charge in [-0.2, -0.15) is 38.4 Å². The zero-order chi connectivity index (χ0) is 94.6. The fourth-order valence-electron chi connectivity index (χ4n) is 15.1. The first-order valence-corrected chi connectivity index (χ1v) is 53.5. The van der Waals surface area contributed by atoms with Gasteiger partial charge in [-0.1, -0.05) is 38.3 Å². The van der Waals surface area contributed by atoms with Crippen LogP contribution in [0.4, 0.5) is 39.8 Å². The Bertz CT molecular complexity index is 7050. The lowest BCUT2D eigenvalue weighted by molar-refractivity contribution is -0.0652. The average Bonchev–Trinajstić information content (AvgIpc) is 1.61. The number of hydrogen-bond acceptors (Lipinski definition) is 50. The Balaban J connectivity index is 0.000000129. The van der Waals surface area contributed by atoms with E-state index < -0.39 is 248 Å². The zero-order valence-corrected chi connectivity index (χ0v) is 75.9. The lowest BCUT2D eigenvalue weighted by Gasteiger charge is -2.27. The van der Waals surface area contributed by atoms with Gasteiger partial charge in [-0.25, -0.2) is 46.5 Å². The molecule has 0 spiro atoms. The molecule has 12 aromatic heterocycles. The summed E-state index contributed by atoms with van der Waals surface area (Å²) in [5.41, 5.74) is 11.0. The Kier molecular flexibility index (Phi) is 25.6. The number of halogens is 5. The number of rotatable bonds is 6. The van der Waals surface area contributed by atoms with Crippen molar-refractivity contribution < 1.29 is 134 Å². The van der Waals surface area contributed by atoms with Crippen molar-refractivity contribution in [2.24, 2.45) is 0 Å². The Hall–Kier alpha value is -8.29. The van der Waals surface area contributed by atoms with Crippen molar-refractivity contribution in [1.29, 1.82) is 0 Å². The predicted octanol–water partition coefficient (Wildman–Crippen LogP) is -3.48. The first-order valence-electron chi connectivity index (χ1n) is 37.9. The molecule has 0 radical (unpaired) electrons. The summed E-state index contributed by atoms with van der Waals surface area (Å²) in [5, 5.41) is 37.8. The Labute approximate surface area is 762 Å². The van der Waals surface area contributed by atoms with Gasteiger partial charge in [-0.15, -0.1) is 25.5 Å². The van der Waals surface area contributed by atoms with Gasteiger partial charge in [0.15, 0.2) is 135 Å². The summed E-state index contributed by atoms with van der Waals surface area (Å²) in [7, 11) is 0. The predicted molar refractivity (Wildman–Crippen MR) is 448 cm³/mol. The standard InChI is InChI=1S/C19H20F2N10O10P2S2.C18H19F2N11O10P2S2.C18H20FN11O10P2S2/c20-7-5-1-36-42(34,44)40-11-6(39-17(8(11)21)30-4-25-9-13(30)23-3-24-15(9)32)2-37-43(35,45)41-12(7)18(38-5)31-14-10(28-29-31)16(33)27-19(22)26-14;19-6-4-1-36-42(34,44)40-10-5(39-16(7(10)20)30-12-8(26-28-30)14(32)23-3-22-12)2-37-43(35,45)41-11(6)17(38-4)31-13-9(27-29-31)15(33)25-18(21)24-13;19-8-11-7(38-17(8)29-12-9(25-27-29)14(31)22-4-21-12)3-36-41(33,43)39-6-1-5(2-35-42(34,44)40-11)37-16(6)30-13-10(26-28-30)15(32)24-18(20)23-13/h3-8,11-12,17-18H,1-2H2,(H,34,44)(H,35,45)(H,23,24,32)(H3,22,26,27,33);3-7,10-11,16-17H,1-2H2,(H,34,44)(H,35,45)(H,22,23,32)(H3,21,24,25,33);4-8,11,16-17H,1-3H2,(H,33,43)(H,34,44)(H,21,22,31)(H3,20,23,24,32)/t5-,6-,7-,8+,11-,12-,17-,18-,42?,43?;4-,5-,6-,7+,10-,11-,16-,17-,42?,43?;5-,6+,7+,8-,11+,16+,17+,41?,42?/m110/s1. The van der Waals surface area contributed by atoms with E-state index in [1.54, 1.807) is 0 Å². The van der Waals surface area contributed by atoms with Gasteiger partial charge >= 0.3 is 40.4 Å². The second kappa shape index (κ2) is 36.2. The van der Waals surface area contributed by atoms with Crippen LogP contribution < -0.4 is 50.6 Å². The van der Waals surface area contributed by atoms with Crippen LogP contribution in [0.5, 0.6) is 0 Å². The van der Waals surface area contributed by atoms with Crippen LogP contribution in [0.1, 0.15) is 43.8 Å². The first-order chi connectivity index (χ1) is 63.5. The molecule has 0 amide bonds. The van der Waals surface area contributed by atoms with Gasteiger partial charge in [0, 0.05) is 6.42 Å². The van der Waals surface area contributed by atoms with E-state index in [0.717, 1.165) is 53.3 Å². The number of H-pyrrole nitrogens is 6. The van der Waals surface area contributed by atoms with Gasteiger partial charge in [0.05, 0.1) is 71.1 Å². The summed E-state index contributed by atoms with van der Waals surface area (Å²) in [4.78, 5) is 169. The topological polar surface area (TPSA) is 808 Å². The molecule has 6 unspecified atom stereocenters. The third kappa shape index (κ3) is 18.5. The van der Waals surface area contributed by atoms with Gasteiger partial charge in [0.1, 0.15) is 67.1 Å². The van der Waals surface area contributed by atoms with E-state index in [2.05, 4.69) is 129 Å². The first kappa shape index (κ1) is 94.7. The molecule has 9 aliphatic rings. The normalized spacial score (nSPS) is 37.3. The molecule has 9 saturated heterocycles. The van der Waals surface area contributed by atoms with E-state index >= 15 is 22.0 Å². The molecule has 62 nitrogen and oxygen atoms in total. The van der Waals surface area contributed by atoms with E-state index in [9.17, 15) is 57.8 Å². The third-order valence-corrected chi connectivity index (χ3v) is 30.3. The van der Waals surface area contributed by atoms with Crippen molar-refractivity contribution in [2.45, 2.75) is 148 Å². The number of hydrogen-bond donors (Lipinski definition) is 15. The van der Waals surface area contributed by atoms with Crippen molar-refractivity contribution in [2.75, 3.05) is 56.8 Å². The number of ether oxygens (including phenoxy) is 6. The molecule has 12 aromatic rings. The number of alkyl halides is 5. The van der Waals surface area contributed by atoms with Crippen LogP contribution in [0.2, 0.25) is 0 Å². The molecule has 720 valence electrons. The molecule has 21 heterocycles. The number of nitrogens with zero attached hydrogens (tertiary/aromatic N) is 23. The van der Waals surface area contributed by atoms with E-state index in [-0.39, 0.29) is 97.9 Å². The molecular formula is C55H59F5N32O30P6S6. The molecule has 9 fully saturated rings. The second-order valence-electron chi connectivity index (χ2n) is 29.4. The maximum atomic E-state index is 15.9. The maximum Gasteiger partial charge on any atom is 0.386 e. The van der Waals surface area contributed by atoms with E-state index in [0.29, 0.717) is 0 Å². The molecule has 6 bridgehead atoms. The minimum atomic E-state index is -4.54. The van der Waals surface area contributed by atoms with Crippen molar-refractivity contribution in [3.8, 4) is 0 Å². The lowest BCUT2D eigenvalue weighted by atomic mass is 10.1. The number of aromatic nitrogens is 29. The van der Waals surface area contributed by atoms with Gasteiger partial charge in [-0.05, 0) is 59.0 Å². The number of aromatic amines is 6. The number of nitrogen functional groups attached to an aromatic ring is 3. The Morgan fingerprint density at radius 2 is 0.679 bits per heavy atom. The molecular weight excluding hydrogens is 2060 g/mol. The molecule has 9 aliphatic heterocycles. The molecule has 0 saturated carbocycles. The number of nitrogens with two attached hydrogens (primary N) is 3. The van der Waals surface area contributed by atoms with Crippen LogP contribution in [0, 0.1) is 0 Å². The highest BCUT2D eigenvalue weighted by atomic mass is 32.7. The highest BCUT2D eigenvalue weighted by Crippen LogP contribution is 2.61. The number of imidazole rings is 1. The highest BCUT2D eigenvalue weighted by molar-refractivity contribution is 8.44. The third-order valence-electron chi connectivity index (χ3n) is 20.9. The van der Waals surface area contributed by atoms with Crippen molar-refractivity contribution in [3.63, 3.8) is 0 Å². The van der Waals surface area contributed by atoms with Crippen LogP contribution in [0.3, 0.4) is 0 Å². The minimum Gasteiger partial charge on any atom is -0.369 e. The summed E-state index contributed by atoms with van der Waals surface area (Å²) in [6.45, 7) is -30.0. The molecule has 21 rings (SSSR count). The molecule has 79 heteroatoms. The van der Waals surface area contributed by atoms with E-state index in [1.807, 2.05) is 0 Å². The average molecular weight is 2120 g/mol. The summed E-state index contributed by atoms with van der Waals surface area (Å²) >= 11 is 29.6. The molecule has 0 aromatic carbocycles. The summed E-state index contributed by atoms with van der Waals surface area (Å²) in [6.07, 6.45) is -33.3. The fraction of sp³-hybridized carbons (Fsp3) is 0.545. The van der Waals surface area contributed by atoms with Gasteiger partial charge in [0.2, 0.25) is 17.8 Å². The van der Waals surface area contributed by atoms with Crippen LogP contribution in [-0.4, -0.2) is 313 Å². The highest BCUT2D eigenvalue weighted by Gasteiger charge is 2.59. The quantitative estimate of drug-likeness (QED) is 0.0437. The zero-order valence-electron chi connectivity index (χ0n) is 65.6. The van der Waals surface area contributed by atoms with Gasteiger partial charge in [-0.3, -0.25) is 75.4 Å². The summed E-state index contributed by atoms with van der Waals surface area (Å²) in [6, 6.07) is 0. The fourth-order valence-corrected chi connectivity index (χ4v) is 23.7. The van der Waals surface area contributed by atoms with Crippen LogP contribution in [-0.2, 0) is 146 Å². The Morgan fingerprint density at radius 3 is 1.10 bits per heavy atom. The maximum absolute atomic E-state index is 15.9. The Morgan fingerprint density at radius 1 is 0.358 bits per heavy atom. The largest absolute Gasteiger partial charge is 0.386 e. The van der Waals surface area contributed by atoms with E-state index in [4.69, 9.17) is 159 Å². The van der Waals surface area contributed by atoms with Gasteiger partial charge < -0.3 is 112 Å². The van der Waals surface area contributed by atoms with Crippen LogP contribution in [0.25, 0.3) is 67.0 Å². The molecule has 134 heavy (non-hydrogen) atoms. The van der Waals surface area contributed by atoms with E-state index in [1.165, 1.54) is 0 Å². The minimum absolute atomic E-state index is 0.00497. The molecule has 0 aliphatic carbocycles. The molecule has 29 atom stereocenters. The second-order valence-corrected chi connectivity index (χ2v) is 46.2. The number of anilines is 3. The summed E-state index contributed by atoms with van der Waals surface area (Å²) < 4.78 is 199. The summed E-state index contributed by atoms with van der Waals surface area (Å²) in [5.74, 6) is -0.834.